The van der Waals surface area contributed by atoms with E-state index in [-0.39, 0.29) is 13.2 Å². The predicted octanol–water partition coefficient (Wildman–Crippen LogP) is 0.196. The first-order valence-electron chi connectivity index (χ1n) is 10.1. The van der Waals surface area contributed by atoms with E-state index in [0.29, 0.717) is 106 Å². The third-order valence-corrected chi connectivity index (χ3v) is 3.26. The summed E-state index contributed by atoms with van der Waals surface area (Å²) in [7, 11) is 1.64. The average molecular weight is 428 g/mol. The SMILES string of the molecule is COCCOCCOCCOCCOCCOCCOCCOCCOCC[O]. The molecule has 10 nitrogen and oxygen atoms in total. The van der Waals surface area contributed by atoms with Crippen molar-refractivity contribution in [2.24, 2.45) is 0 Å². The summed E-state index contributed by atoms with van der Waals surface area (Å²) in [6.07, 6.45) is 0. The van der Waals surface area contributed by atoms with Gasteiger partial charge >= 0.3 is 0 Å². The van der Waals surface area contributed by atoms with Gasteiger partial charge in [0.1, 0.15) is 6.61 Å². The summed E-state index contributed by atoms with van der Waals surface area (Å²) < 4.78 is 47.3. The maximum absolute atomic E-state index is 10.1. The number of methoxy groups -OCH3 is 1. The third kappa shape index (κ3) is 27.6. The van der Waals surface area contributed by atoms with E-state index in [1.807, 2.05) is 0 Å². The zero-order chi connectivity index (χ0) is 21.1. The Morgan fingerprint density at radius 1 is 0.345 bits per heavy atom. The van der Waals surface area contributed by atoms with E-state index in [1.165, 1.54) is 0 Å². The van der Waals surface area contributed by atoms with Crippen molar-refractivity contribution in [3.05, 3.63) is 0 Å². The normalized spacial score (nSPS) is 11.4. The monoisotopic (exact) mass is 427 g/mol. The molecule has 0 fully saturated rings. The molecule has 0 N–H and O–H groups in total. The van der Waals surface area contributed by atoms with Gasteiger partial charge in [-0.1, -0.05) is 0 Å². The Bertz CT molecular complexity index is 258. The van der Waals surface area contributed by atoms with Crippen molar-refractivity contribution in [2.75, 3.05) is 126 Å². The molecule has 0 atom stereocenters. The molecule has 0 rings (SSSR count). The average Bonchev–Trinajstić information content (AvgIpc) is 2.74. The minimum absolute atomic E-state index is 0.218. The van der Waals surface area contributed by atoms with Crippen molar-refractivity contribution in [3.63, 3.8) is 0 Å². The Balaban J connectivity index is 2.97. The van der Waals surface area contributed by atoms with Crippen LogP contribution in [0.5, 0.6) is 0 Å². The number of hydrogen-bond acceptors (Lipinski definition) is 9. The molecule has 29 heavy (non-hydrogen) atoms. The van der Waals surface area contributed by atoms with Crippen molar-refractivity contribution >= 4 is 0 Å². The molecule has 0 heterocycles. The third-order valence-electron chi connectivity index (χ3n) is 3.26. The lowest BCUT2D eigenvalue weighted by Crippen LogP contribution is -2.15. The number of ether oxygens (including phenoxy) is 9. The lowest BCUT2D eigenvalue weighted by atomic mass is 10.6. The molecule has 0 aliphatic heterocycles. The summed E-state index contributed by atoms with van der Waals surface area (Å²) in [5, 5.41) is 10.1. The maximum atomic E-state index is 10.1. The first-order valence-corrected chi connectivity index (χ1v) is 10.1. The standard InChI is InChI=1S/C19H39O10/c1-21-4-5-23-8-9-25-12-13-27-16-17-29-19-18-28-15-14-26-11-10-24-7-6-22-3-2-20/h2-19H2,1H3. The van der Waals surface area contributed by atoms with Crippen LogP contribution < -0.4 is 0 Å². The van der Waals surface area contributed by atoms with Crippen LogP contribution in [-0.2, 0) is 47.7 Å². The molecule has 0 aromatic rings. The zero-order valence-electron chi connectivity index (χ0n) is 17.8. The molecule has 0 saturated heterocycles. The summed E-state index contributed by atoms with van der Waals surface area (Å²) >= 11 is 0. The van der Waals surface area contributed by atoms with Crippen molar-refractivity contribution < 1.29 is 47.7 Å². The Morgan fingerprint density at radius 3 is 0.759 bits per heavy atom. The molecule has 0 unspecified atom stereocenters. The molecular weight excluding hydrogens is 388 g/mol. The molecule has 0 aliphatic carbocycles. The molecular formula is C19H39O10. The largest absolute Gasteiger partial charge is 0.382 e. The van der Waals surface area contributed by atoms with E-state index in [9.17, 15) is 5.11 Å². The fourth-order valence-electron chi connectivity index (χ4n) is 1.84. The maximum Gasteiger partial charge on any atom is 0.106 e. The second kappa shape index (κ2) is 27.6. The highest BCUT2D eigenvalue weighted by Crippen LogP contribution is 1.85. The van der Waals surface area contributed by atoms with Gasteiger partial charge in [0, 0.05) is 7.11 Å². The molecule has 175 valence electrons. The van der Waals surface area contributed by atoms with E-state index < -0.39 is 0 Å². The van der Waals surface area contributed by atoms with Crippen LogP contribution in [0.4, 0.5) is 0 Å². The first kappa shape index (κ1) is 28.6. The van der Waals surface area contributed by atoms with Crippen LogP contribution in [0.3, 0.4) is 0 Å². The minimum atomic E-state index is -0.218. The van der Waals surface area contributed by atoms with Gasteiger partial charge in [0.15, 0.2) is 0 Å². The van der Waals surface area contributed by atoms with Crippen molar-refractivity contribution in [1.82, 2.24) is 0 Å². The van der Waals surface area contributed by atoms with Gasteiger partial charge in [0.25, 0.3) is 0 Å². The molecule has 0 aromatic carbocycles. The molecule has 0 saturated carbocycles. The van der Waals surface area contributed by atoms with Crippen LogP contribution in [0.15, 0.2) is 0 Å². The molecule has 0 aliphatic rings. The quantitative estimate of drug-likeness (QED) is 0.179. The fourth-order valence-corrected chi connectivity index (χ4v) is 1.84. The van der Waals surface area contributed by atoms with Gasteiger partial charge in [0.05, 0.1) is 112 Å². The van der Waals surface area contributed by atoms with Gasteiger partial charge in [-0.3, -0.25) is 0 Å². The summed E-state index contributed by atoms with van der Waals surface area (Å²) in [6.45, 7) is 8.40. The zero-order valence-corrected chi connectivity index (χ0v) is 17.8. The van der Waals surface area contributed by atoms with Crippen LogP contribution in [0.1, 0.15) is 0 Å². The van der Waals surface area contributed by atoms with E-state index in [1.54, 1.807) is 7.11 Å². The van der Waals surface area contributed by atoms with Gasteiger partial charge < -0.3 is 42.6 Å². The van der Waals surface area contributed by atoms with E-state index >= 15 is 0 Å². The lowest BCUT2D eigenvalue weighted by molar-refractivity contribution is -0.0255. The van der Waals surface area contributed by atoms with Crippen molar-refractivity contribution in [3.8, 4) is 0 Å². The number of hydrogen-bond donors (Lipinski definition) is 0. The van der Waals surface area contributed by atoms with Gasteiger partial charge in [-0.05, 0) is 0 Å². The summed E-state index contributed by atoms with van der Waals surface area (Å²) in [5.41, 5.74) is 0. The van der Waals surface area contributed by atoms with Crippen LogP contribution in [0.2, 0.25) is 0 Å². The topological polar surface area (TPSA) is 103 Å². The second-order valence-electron chi connectivity index (χ2n) is 5.60. The van der Waals surface area contributed by atoms with Crippen molar-refractivity contribution in [1.29, 1.82) is 0 Å². The Hall–Kier alpha value is -0.400. The van der Waals surface area contributed by atoms with Crippen LogP contribution in [0, 0.1) is 0 Å². The van der Waals surface area contributed by atoms with Crippen LogP contribution >= 0.6 is 0 Å². The van der Waals surface area contributed by atoms with Crippen LogP contribution in [0.25, 0.3) is 0 Å². The highest BCUT2D eigenvalue weighted by Gasteiger charge is 1.95. The van der Waals surface area contributed by atoms with Gasteiger partial charge in [-0.25, -0.2) is 5.11 Å². The van der Waals surface area contributed by atoms with Crippen molar-refractivity contribution in [2.45, 2.75) is 0 Å². The molecule has 1 radical (unpaired) electrons. The Kier molecular flexibility index (Phi) is 27.2. The summed E-state index contributed by atoms with van der Waals surface area (Å²) in [5.74, 6) is 0. The Morgan fingerprint density at radius 2 is 0.552 bits per heavy atom. The van der Waals surface area contributed by atoms with E-state index in [4.69, 9.17) is 42.6 Å². The predicted molar refractivity (Wildman–Crippen MR) is 104 cm³/mol. The Labute approximate surface area is 174 Å². The summed E-state index contributed by atoms with van der Waals surface area (Å²) in [6, 6.07) is 0. The smallest absolute Gasteiger partial charge is 0.106 e. The number of rotatable bonds is 26. The molecule has 0 amide bonds. The van der Waals surface area contributed by atoms with Gasteiger partial charge in [0.2, 0.25) is 0 Å². The highest BCUT2D eigenvalue weighted by molar-refractivity contribution is 4.37. The van der Waals surface area contributed by atoms with Crippen LogP contribution in [-0.4, -0.2) is 126 Å². The molecule has 0 aromatic heterocycles. The molecule has 0 spiro atoms. The molecule has 10 heteroatoms. The van der Waals surface area contributed by atoms with E-state index in [0.717, 1.165) is 0 Å². The minimum Gasteiger partial charge on any atom is -0.382 e. The highest BCUT2D eigenvalue weighted by atomic mass is 16.6. The lowest BCUT2D eigenvalue weighted by Gasteiger charge is -2.08. The molecule has 0 bridgehead atoms. The van der Waals surface area contributed by atoms with Gasteiger partial charge in [-0.15, -0.1) is 0 Å². The fraction of sp³-hybridized carbons (Fsp3) is 1.00. The first-order chi connectivity index (χ1) is 14.4. The van der Waals surface area contributed by atoms with E-state index in [2.05, 4.69) is 0 Å². The second-order valence-corrected chi connectivity index (χ2v) is 5.60. The summed E-state index contributed by atoms with van der Waals surface area (Å²) in [4.78, 5) is 0. The van der Waals surface area contributed by atoms with Gasteiger partial charge in [-0.2, -0.15) is 0 Å².